The van der Waals surface area contributed by atoms with Crippen molar-refractivity contribution in [3.05, 3.63) is 235 Å². The molecule has 0 saturated heterocycles. The largest absolute Gasteiger partial charge is 0.308 e. The molecule has 0 fully saturated rings. The maximum atomic E-state index is 2.53. The van der Waals surface area contributed by atoms with Crippen LogP contribution in [0.1, 0.15) is 22.3 Å². The van der Waals surface area contributed by atoms with E-state index in [-0.39, 0.29) is 0 Å². The Balaban J connectivity index is 1.13. The van der Waals surface area contributed by atoms with Crippen molar-refractivity contribution in [3.63, 3.8) is 0 Å². The second-order valence-electron chi connectivity index (χ2n) is 15.2. The molecule has 0 bridgehead atoms. The van der Waals surface area contributed by atoms with Crippen molar-refractivity contribution in [2.24, 2.45) is 0 Å². The van der Waals surface area contributed by atoms with Gasteiger partial charge < -0.3 is 4.90 Å². The van der Waals surface area contributed by atoms with Gasteiger partial charge in [0.05, 0.1) is 21.5 Å². The molecule has 0 N–H and O–H groups in total. The van der Waals surface area contributed by atoms with Crippen LogP contribution in [0.3, 0.4) is 0 Å². The Morgan fingerprint density at radius 3 is 1.54 bits per heavy atom. The number of anilines is 3. The lowest BCUT2D eigenvalue weighted by atomic mass is 9.70. The zero-order valence-corrected chi connectivity index (χ0v) is 31.9. The molecule has 2 aliphatic carbocycles. The molecule has 0 aliphatic heterocycles. The summed E-state index contributed by atoms with van der Waals surface area (Å²) in [5.74, 6) is 0. The highest BCUT2D eigenvalue weighted by Gasteiger charge is 2.51. The second-order valence-corrected chi connectivity index (χ2v) is 16.2. The molecule has 0 saturated carbocycles. The Morgan fingerprint density at radius 1 is 0.333 bits per heavy atom. The zero-order valence-electron chi connectivity index (χ0n) is 31.1. The number of para-hydroxylation sites is 1. The Morgan fingerprint density at radius 2 is 0.842 bits per heavy atom. The zero-order chi connectivity index (χ0) is 37.5. The van der Waals surface area contributed by atoms with Gasteiger partial charge in [-0.2, -0.15) is 0 Å². The van der Waals surface area contributed by atoms with Crippen LogP contribution in [-0.4, -0.2) is 0 Å². The molecular weight excluding hydrogens is 707 g/mol. The fourth-order valence-corrected chi connectivity index (χ4v) is 11.1. The number of nitrogens with zero attached hydrogens (tertiary/aromatic N) is 1. The molecule has 9 aromatic carbocycles. The van der Waals surface area contributed by atoms with E-state index >= 15 is 0 Å². The summed E-state index contributed by atoms with van der Waals surface area (Å²) in [7, 11) is 0. The summed E-state index contributed by atoms with van der Waals surface area (Å²) in [4.78, 5) is 2.53. The highest BCUT2D eigenvalue weighted by Crippen LogP contribution is 2.63. The third-order valence-corrected chi connectivity index (χ3v) is 13.5. The lowest BCUT2D eigenvalue weighted by Crippen LogP contribution is -2.26. The SMILES string of the molecule is c1ccc(-c2ccc(-c3ccccc3N(c3ccc4c(c3)C3(c5ccccc5-c5ccccc53)c3ccccc3-4)c3cccc4c3sc3ccccc34)cc2)cc1. The maximum Gasteiger partial charge on any atom is 0.0726 e. The van der Waals surface area contributed by atoms with Gasteiger partial charge in [-0.05, 0) is 91.5 Å². The van der Waals surface area contributed by atoms with Crippen LogP contribution in [0.25, 0.3) is 64.7 Å². The van der Waals surface area contributed by atoms with Gasteiger partial charge in [0.2, 0.25) is 0 Å². The van der Waals surface area contributed by atoms with Crippen LogP contribution in [0.2, 0.25) is 0 Å². The summed E-state index contributed by atoms with van der Waals surface area (Å²) < 4.78 is 2.58. The molecule has 57 heavy (non-hydrogen) atoms. The minimum atomic E-state index is -0.433. The first-order valence-corrected chi connectivity index (χ1v) is 20.5. The van der Waals surface area contributed by atoms with Crippen LogP contribution < -0.4 is 4.90 Å². The van der Waals surface area contributed by atoms with E-state index in [9.17, 15) is 0 Å². The summed E-state index contributed by atoms with van der Waals surface area (Å²) in [5, 5.41) is 2.58. The van der Waals surface area contributed by atoms with E-state index in [1.54, 1.807) is 0 Å². The van der Waals surface area contributed by atoms with E-state index < -0.39 is 5.41 Å². The number of hydrogen-bond acceptors (Lipinski definition) is 2. The lowest BCUT2D eigenvalue weighted by molar-refractivity contribution is 0.793. The summed E-state index contributed by atoms with van der Waals surface area (Å²) in [6.07, 6.45) is 0. The third-order valence-electron chi connectivity index (χ3n) is 12.3. The van der Waals surface area contributed by atoms with Crippen molar-refractivity contribution in [2.45, 2.75) is 5.41 Å². The molecule has 1 heterocycles. The third kappa shape index (κ3) is 4.62. The number of benzene rings is 9. The van der Waals surface area contributed by atoms with Gasteiger partial charge in [-0.25, -0.2) is 0 Å². The Kier molecular flexibility index (Phi) is 7.08. The number of thiophene rings is 1. The molecule has 266 valence electrons. The van der Waals surface area contributed by atoms with Gasteiger partial charge >= 0.3 is 0 Å². The molecule has 1 spiro atoms. The molecule has 1 aromatic heterocycles. The van der Waals surface area contributed by atoms with Gasteiger partial charge in [0.1, 0.15) is 0 Å². The van der Waals surface area contributed by atoms with E-state index in [1.165, 1.54) is 92.6 Å². The highest BCUT2D eigenvalue weighted by atomic mass is 32.1. The number of hydrogen-bond donors (Lipinski definition) is 0. The van der Waals surface area contributed by atoms with E-state index in [0.29, 0.717) is 0 Å². The molecule has 0 atom stereocenters. The molecule has 0 radical (unpaired) electrons. The molecule has 0 unspecified atom stereocenters. The van der Waals surface area contributed by atoms with E-state index in [1.807, 2.05) is 11.3 Å². The quantitative estimate of drug-likeness (QED) is 0.170. The predicted octanol–water partition coefficient (Wildman–Crippen LogP) is 15.2. The van der Waals surface area contributed by atoms with Crippen molar-refractivity contribution in [1.29, 1.82) is 0 Å². The Hall–Kier alpha value is -7.00. The van der Waals surface area contributed by atoms with E-state index in [2.05, 4.69) is 217 Å². The first kappa shape index (κ1) is 32.3. The first-order chi connectivity index (χ1) is 28.3. The standard InChI is InChI=1S/C55H35NS/c1-2-15-36(16-3-1)37-29-31-38(32-30-37)40-17-7-12-26-51(40)56(52-27-14-22-46-45-21-8-13-28-53(45)57-54(46)52)39-33-34-44-43-20-6-11-25-49(43)55(50(44)35-39)47-23-9-4-18-41(47)42-19-5-10-24-48(42)55/h1-35H. The van der Waals surface area contributed by atoms with Crippen molar-refractivity contribution >= 4 is 48.6 Å². The number of fused-ring (bicyclic) bond motifs is 13. The topological polar surface area (TPSA) is 3.24 Å². The van der Waals surface area contributed by atoms with Crippen molar-refractivity contribution in [1.82, 2.24) is 0 Å². The molecular formula is C55H35NS. The molecule has 2 aliphatic rings. The monoisotopic (exact) mass is 741 g/mol. The average molecular weight is 742 g/mol. The van der Waals surface area contributed by atoms with E-state index in [0.717, 1.165) is 11.4 Å². The van der Waals surface area contributed by atoms with Crippen LogP contribution in [0.5, 0.6) is 0 Å². The number of rotatable bonds is 5. The van der Waals surface area contributed by atoms with Crippen molar-refractivity contribution < 1.29 is 0 Å². The van der Waals surface area contributed by atoms with Gasteiger partial charge in [0.25, 0.3) is 0 Å². The minimum Gasteiger partial charge on any atom is -0.308 e. The van der Waals surface area contributed by atoms with Gasteiger partial charge in [0, 0.05) is 26.7 Å². The average Bonchev–Trinajstić information content (AvgIpc) is 3.92. The molecule has 12 rings (SSSR count). The normalized spacial score (nSPS) is 13.1. The van der Waals surface area contributed by atoms with E-state index in [4.69, 9.17) is 0 Å². The Labute approximate surface area is 336 Å². The summed E-state index contributed by atoms with van der Waals surface area (Å²) in [6.45, 7) is 0. The predicted molar refractivity (Wildman–Crippen MR) is 241 cm³/mol. The molecule has 10 aromatic rings. The van der Waals surface area contributed by atoms with Crippen LogP contribution in [0, 0.1) is 0 Å². The summed E-state index contributed by atoms with van der Waals surface area (Å²) in [6, 6.07) is 78.7. The fourth-order valence-electron chi connectivity index (χ4n) is 9.92. The van der Waals surface area contributed by atoms with Gasteiger partial charge in [0.15, 0.2) is 0 Å². The Bertz CT molecular complexity index is 3130. The minimum absolute atomic E-state index is 0.433. The second kappa shape index (κ2) is 12.5. The molecule has 1 nitrogen and oxygen atoms in total. The van der Waals surface area contributed by atoms with Crippen molar-refractivity contribution in [2.75, 3.05) is 4.90 Å². The molecule has 2 heteroatoms. The smallest absolute Gasteiger partial charge is 0.0726 e. The first-order valence-electron chi connectivity index (χ1n) is 19.7. The lowest BCUT2D eigenvalue weighted by Gasteiger charge is -2.33. The summed E-state index contributed by atoms with van der Waals surface area (Å²) in [5.41, 5.74) is 18.5. The summed E-state index contributed by atoms with van der Waals surface area (Å²) >= 11 is 1.88. The fraction of sp³-hybridized carbons (Fsp3) is 0.0182. The van der Waals surface area contributed by atoms with Crippen molar-refractivity contribution in [3.8, 4) is 44.5 Å². The maximum absolute atomic E-state index is 2.53. The van der Waals surface area contributed by atoms with Gasteiger partial charge in [-0.1, -0.05) is 182 Å². The van der Waals surface area contributed by atoms with Crippen LogP contribution >= 0.6 is 11.3 Å². The van der Waals surface area contributed by atoms with Gasteiger partial charge in [-0.15, -0.1) is 11.3 Å². The van der Waals surface area contributed by atoms with Crippen LogP contribution in [0.15, 0.2) is 212 Å². The van der Waals surface area contributed by atoms with Crippen LogP contribution in [0.4, 0.5) is 17.1 Å². The highest BCUT2D eigenvalue weighted by molar-refractivity contribution is 7.26. The van der Waals surface area contributed by atoms with Crippen LogP contribution in [-0.2, 0) is 5.41 Å². The van der Waals surface area contributed by atoms with Gasteiger partial charge in [-0.3, -0.25) is 0 Å². The molecule has 0 amide bonds.